The number of hydrogen-bond acceptors (Lipinski definition) is 6. The summed E-state index contributed by atoms with van der Waals surface area (Å²) >= 11 is 7.77. The Labute approximate surface area is 194 Å². The van der Waals surface area contributed by atoms with Crippen LogP contribution in [0.15, 0.2) is 64.9 Å². The summed E-state index contributed by atoms with van der Waals surface area (Å²) < 4.78 is 6.11. The van der Waals surface area contributed by atoms with Gasteiger partial charge in [-0.3, -0.25) is 14.8 Å². The number of benzene rings is 1. The molecule has 1 aliphatic heterocycles. The molecule has 1 saturated heterocycles. The van der Waals surface area contributed by atoms with Gasteiger partial charge in [-0.05, 0) is 43.0 Å². The lowest BCUT2D eigenvalue weighted by Crippen LogP contribution is -2.39. The van der Waals surface area contributed by atoms with Gasteiger partial charge in [0.1, 0.15) is 11.8 Å². The molecule has 0 bridgehead atoms. The van der Waals surface area contributed by atoms with Crippen molar-refractivity contribution in [1.82, 2.24) is 19.9 Å². The third-order valence-corrected chi connectivity index (χ3v) is 6.80. The first kappa shape index (κ1) is 20.8. The Morgan fingerprint density at radius 1 is 1.16 bits per heavy atom. The quantitative estimate of drug-likeness (QED) is 0.373. The number of pyridine rings is 1. The van der Waals surface area contributed by atoms with Crippen LogP contribution in [0.3, 0.4) is 0 Å². The third-order valence-electron chi connectivity index (χ3n) is 5.65. The maximum atomic E-state index is 13.6. The van der Waals surface area contributed by atoms with E-state index in [1.807, 2.05) is 35.2 Å². The summed E-state index contributed by atoms with van der Waals surface area (Å²) in [5, 5.41) is 0.701. The molecule has 5 rings (SSSR count). The van der Waals surface area contributed by atoms with Crippen molar-refractivity contribution >= 4 is 28.8 Å². The maximum absolute atomic E-state index is 13.6. The molecule has 4 aromatic rings. The Balaban J connectivity index is 1.42. The average Bonchev–Trinajstić information content (AvgIpc) is 3.53. The second-order valence-electron chi connectivity index (χ2n) is 7.71. The minimum Gasteiger partial charge on any atom is -0.443 e. The second-order valence-corrected chi connectivity index (χ2v) is 9.00. The highest BCUT2D eigenvalue weighted by Gasteiger charge is 2.33. The standard InChI is InChI=1S/C24H21ClN4O2S/c25-19-8-2-1-6-16(19)12-17-13-28-23(31-17)20-9-3-4-11-29(20)24(30)18-7-5-10-27-22(18)21-14-26-15-32-21/h1-2,5-8,10,13-15,20H,3-4,9,11-12H2/t20-/m0/s1. The first-order valence-electron chi connectivity index (χ1n) is 10.5. The van der Waals surface area contributed by atoms with E-state index in [1.54, 1.807) is 30.2 Å². The first-order chi connectivity index (χ1) is 15.7. The average molecular weight is 465 g/mol. The molecule has 0 unspecified atom stereocenters. The van der Waals surface area contributed by atoms with E-state index in [9.17, 15) is 4.79 Å². The predicted octanol–water partition coefficient (Wildman–Crippen LogP) is 5.80. The number of oxazole rings is 1. The molecule has 4 heterocycles. The van der Waals surface area contributed by atoms with E-state index in [0.717, 1.165) is 35.5 Å². The SMILES string of the molecule is O=C(c1cccnc1-c1cncs1)N1CCCC[C@H]1c1ncc(Cc2ccccc2Cl)o1. The summed E-state index contributed by atoms with van der Waals surface area (Å²) in [5.74, 6) is 1.25. The zero-order chi connectivity index (χ0) is 21.9. The van der Waals surface area contributed by atoms with Crippen LogP contribution in [0.2, 0.25) is 5.02 Å². The highest BCUT2D eigenvalue weighted by atomic mass is 35.5. The van der Waals surface area contributed by atoms with Gasteiger partial charge in [0, 0.05) is 30.4 Å². The summed E-state index contributed by atoms with van der Waals surface area (Å²) in [4.78, 5) is 29.5. The molecule has 3 aromatic heterocycles. The van der Waals surface area contributed by atoms with Crippen molar-refractivity contribution in [1.29, 1.82) is 0 Å². The smallest absolute Gasteiger partial charge is 0.256 e. The summed E-state index contributed by atoms with van der Waals surface area (Å²) in [7, 11) is 0. The fourth-order valence-corrected chi connectivity index (χ4v) is 4.91. The molecule has 1 aliphatic rings. The molecule has 0 N–H and O–H groups in total. The van der Waals surface area contributed by atoms with Crippen molar-refractivity contribution in [2.24, 2.45) is 0 Å². The number of thiazole rings is 1. The monoisotopic (exact) mass is 464 g/mol. The predicted molar refractivity (Wildman–Crippen MR) is 124 cm³/mol. The molecule has 6 nitrogen and oxygen atoms in total. The molecule has 1 amide bonds. The Hall–Kier alpha value is -3.03. The van der Waals surface area contributed by atoms with Gasteiger partial charge in [0.05, 0.1) is 27.8 Å². The minimum absolute atomic E-state index is 0.0583. The van der Waals surface area contributed by atoms with Crippen molar-refractivity contribution in [2.45, 2.75) is 31.7 Å². The topological polar surface area (TPSA) is 72.1 Å². The number of likely N-dealkylation sites (tertiary alicyclic amines) is 1. The number of hydrogen-bond donors (Lipinski definition) is 0. The van der Waals surface area contributed by atoms with E-state index >= 15 is 0 Å². The molecule has 8 heteroatoms. The third kappa shape index (κ3) is 4.18. The van der Waals surface area contributed by atoms with Crippen molar-refractivity contribution in [3.05, 3.63) is 88.3 Å². The van der Waals surface area contributed by atoms with Crippen LogP contribution in [0.4, 0.5) is 0 Å². The van der Waals surface area contributed by atoms with Gasteiger partial charge in [-0.25, -0.2) is 4.98 Å². The minimum atomic E-state index is -0.203. The molecule has 0 aliphatic carbocycles. The van der Waals surface area contributed by atoms with E-state index in [1.165, 1.54) is 11.3 Å². The van der Waals surface area contributed by atoms with Gasteiger partial charge in [-0.2, -0.15) is 0 Å². The zero-order valence-corrected chi connectivity index (χ0v) is 18.9. The number of aromatic nitrogens is 3. The van der Waals surface area contributed by atoms with E-state index < -0.39 is 0 Å². The molecular formula is C24H21ClN4O2S. The van der Waals surface area contributed by atoms with Gasteiger partial charge in [-0.1, -0.05) is 29.8 Å². The van der Waals surface area contributed by atoms with Crippen LogP contribution in [0, 0.1) is 0 Å². The molecule has 0 spiro atoms. The molecule has 32 heavy (non-hydrogen) atoms. The van der Waals surface area contributed by atoms with Crippen molar-refractivity contribution in [3.63, 3.8) is 0 Å². The summed E-state index contributed by atoms with van der Waals surface area (Å²) in [5.41, 5.74) is 3.97. The van der Waals surface area contributed by atoms with Gasteiger partial charge in [-0.15, -0.1) is 11.3 Å². The number of rotatable bonds is 5. The molecule has 1 aromatic carbocycles. The van der Waals surface area contributed by atoms with E-state index in [4.69, 9.17) is 16.0 Å². The fourth-order valence-electron chi connectivity index (χ4n) is 4.08. The molecule has 1 atom stereocenters. The van der Waals surface area contributed by atoms with Gasteiger partial charge in [0.15, 0.2) is 0 Å². The Kier molecular flexibility index (Phi) is 6.01. The van der Waals surface area contributed by atoms with Gasteiger partial charge in [0.2, 0.25) is 5.89 Å². The summed E-state index contributed by atoms with van der Waals surface area (Å²) in [6, 6.07) is 11.1. The first-order valence-corrected chi connectivity index (χ1v) is 11.8. The lowest BCUT2D eigenvalue weighted by molar-refractivity contribution is 0.0570. The Morgan fingerprint density at radius 3 is 2.91 bits per heavy atom. The molecule has 0 radical (unpaired) electrons. The van der Waals surface area contributed by atoms with E-state index in [0.29, 0.717) is 35.1 Å². The summed E-state index contributed by atoms with van der Waals surface area (Å²) in [6.07, 6.45) is 8.53. The van der Waals surface area contributed by atoms with Gasteiger partial charge < -0.3 is 9.32 Å². The number of carbonyl (C=O) groups is 1. The van der Waals surface area contributed by atoms with Crippen molar-refractivity contribution in [3.8, 4) is 10.6 Å². The highest BCUT2D eigenvalue weighted by Crippen LogP contribution is 2.34. The molecule has 162 valence electrons. The lowest BCUT2D eigenvalue weighted by Gasteiger charge is -2.34. The van der Waals surface area contributed by atoms with Gasteiger partial charge >= 0.3 is 0 Å². The fraction of sp³-hybridized carbons (Fsp3) is 0.250. The van der Waals surface area contributed by atoms with Crippen LogP contribution in [-0.2, 0) is 6.42 Å². The number of halogens is 1. The summed E-state index contributed by atoms with van der Waals surface area (Å²) in [6.45, 7) is 0.656. The van der Waals surface area contributed by atoms with Crippen molar-refractivity contribution in [2.75, 3.05) is 6.54 Å². The highest BCUT2D eigenvalue weighted by molar-refractivity contribution is 7.13. The largest absolute Gasteiger partial charge is 0.443 e. The maximum Gasteiger partial charge on any atom is 0.256 e. The molecule has 1 fully saturated rings. The van der Waals surface area contributed by atoms with E-state index in [2.05, 4.69) is 15.0 Å². The zero-order valence-electron chi connectivity index (χ0n) is 17.3. The number of amides is 1. The van der Waals surface area contributed by atoms with Crippen molar-refractivity contribution < 1.29 is 9.21 Å². The van der Waals surface area contributed by atoms with Crippen LogP contribution in [0.25, 0.3) is 10.6 Å². The van der Waals surface area contributed by atoms with Crippen LogP contribution in [0.5, 0.6) is 0 Å². The number of nitrogens with zero attached hydrogens (tertiary/aromatic N) is 4. The van der Waals surface area contributed by atoms with Crippen LogP contribution in [-0.4, -0.2) is 32.3 Å². The number of carbonyl (C=O) groups excluding carboxylic acids is 1. The van der Waals surface area contributed by atoms with E-state index in [-0.39, 0.29) is 11.9 Å². The van der Waals surface area contributed by atoms with Crippen LogP contribution in [0.1, 0.15) is 52.9 Å². The molecular weight excluding hydrogens is 444 g/mol. The lowest BCUT2D eigenvalue weighted by atomic mass is 10.00. The Bertz CT molecular complexity index is 1220. The Morgan fingerprint density at radius 2 is 2.06 bits per heavy atom. The number of piperidine rings is 1. The van der Waals surface area contributed by atoms with Gasteiger partial charge in [0.25, 0.3) is 5.91 Å². The molecule has 0 saturated carbocycles. The second kappa shape index (κ2) is 9.22. The normalized spacial score (nSPS) is 16.3. The van der Waals surface area contributed by atoms with Crippen LogP contribution >= 0.6 is 22.9 Å². The van der Waals surface area contributed by atoms with Crippen LogP contribution < -0.4 is 0 Å².